The van der Waals surface area contributed by atoms with Crippen LogP contribution in [0.1, 0.15) is 49.3 Å². The van der Waals surface area contributed by atoms with E-state index in [1.165, 1.54) is 24.3 Å². The lowest BCUT2D eigenvalue weighted by atomic mass is 10.1. The van der Waals surface area contributed by atoms with Crippen LogP contribution in [0.15, 0.2) is 79.0 Å². The Labute approximate surface area is 189 Å². The van der Waals surface area contributed by atoms with Crippen LogP contribution in [-0.2, 0) is 11.3 Å². The van der Waals surface area contributed by atoms with Gasteiger partial charge in [0.05, 0.1) is 23.4 Å². The summed E-state index contributed by atoms with van der Waals surface area (Å²) in [5, 5.41) is 2.74. The summed E-state index contributed by atoms with van der Waals surface area (Å²) in [6.07, 6.45) is 1.57. The normalized spacial score (nSPS) is 10.7. The maximum atomic E-state index is 13.4. The number of nitrogens with one attached hydrogen (secondary N) is 1. The molecule has 0 aliphatic carbocycles. The van der Waals surface area contributed by atoms with Crippen LogP contribution in [0.4, 0.5) is 4.39 Å². The highest BCUT2D eigenvalue weighted by Gasteiger charge is 2.22. The lowest BCUT2D eigenvalue weighted by molar-refractivity contribution is 0.0528. The third-order valence-corrected chi connectivity index (χ3v) is 5.14. The van der Waals surface area contributed by atoms with Gasteiger partial charge in [0.25, 0.3) is 5.91 Å². The molecule has 0 aliphatic heterocycles. The first kappa shape index (κ1) is 22.0. The molecule has 0 unspecified atom stereocenters. The maximum Gasteiger partial charge on any atom is 0.340 e. The average Bonchev–Trinajstić information content (AvgIpc) is 3.22. The molecule has 1 N–H and O–H groups in total. The van der Waals surface area contributed by atoms with Crippen LogP contribution < -0.4 is 5.32 Å². The zero-order chi connectivity index (χ0) is 23.4. The Kier molecular flexibility index (Phi) is 6.31. The highest BCUT2D eigenvalue weighted by molar-refractivity contribution is 6.11. The van der Waals surface area contributed by atoms with E-state index in [0.29, 0.717) is 22.2 Å². The average molecular weight is 444 g/mol. The number of amides is 1. The lowest BCUT2D eigenvalue weighted by Gasteiger charge is -2.08. The van der Waals surface area contributed by atoms with Crippen molar-refractivity contribution in [3.8, 4) is 0 Å². The van der Waals surface area contributed by atoms with Crippen molar-refractivity contribution in [3.63, 3.8) is 0 Å². The molecule has 7 heteroatoms. The van der Waals surface area contributed by atoms with Gasteiger partial charge >= 0.3 is 5.97 Å². The fourth-order valence-corrected chi connectivity index (χ4v) is 3.56. The molecular formula is C26H21FN2O4. The van der Waals surface area contributed by atoms with E-state index in [1.807, 2.05) is 6.07 Å². The smallest absolute Gasteiger partial charge is 0.340 e. The molecule has 2 aromatic heterocycles. The zero-order valence-electron chi connectivity index (χ0n) is 17.9. The molecule has 4 aromatic rings. The van der Waals surface area contributed by atoms with Crippen LogP contribution in [0.3, 0.4) is 0 Å². The summed E-state index contributed by atoms with van der Waals surface area (Å²) in [5.41, 5.74) is 2.24. The summed E-state index contributed by atoms with van der Waals surface area (Å²) < 4.78 is 20.1. The first-order valence-corrected chi connectivity index (χ1v) is 10.4. The number of benzene rings is 2. The van der Waals surface area contributed by atoms with Crippen molar-refractivity contribution < 1.29 is 23.5 Å². The number of carbonyl (C=O) groups is 3. The summed E-state index contributed by atoms with van der Waals surface area (Å²) in [5.74, 6) is -1.62. The van der Waals surface area contributed by atoms with Crippen LogP contribution >= 0.6 is 0 Å². The van der Waals surface area contributed by atoms with Crippen LogP contribution in [-0.4, -0.2) is 28.7 Å². The minimum atomic E-state index is -0.584. The van der Waals surface area contributed by atoms with Crippen molar-refractivity contribution >= 4 is 23.2 Å². The van der Waals surface area contributed by atoms with Gasteiger partial charge in [0, 0.05) is 23.9 Å². The van der Waals surface area contributed by atoms with Crippen molar-refractivity contribution in [2.24, 2.45) is 0 Å². The van der Waals surface area contributed by atoms with Crippen LogP contribution in [0.25, 0.3) is 5.52 Å². The predicted octanol–water partition coefficient (Wildman–Crippen LogP) is 4.42. The lowest BCUT2D eigenvalue weighted by Crippen LogP contribution is -2.23. The molecular weight excluding hydrogens is 423 g/mol. The van der Waals surface area contributed by atoms with E-state index in [4.69, 9.17) is 4.74 Å². The molecule has 33 heavy (non-hydrogen) atoms. The van der Waals surface area contributed by atoms with Gasteiger partial charge in [-0.3, -0.25) is 9.59 Å². The number of nitrogens with zero attached hydrogens (tertiary/aromatic N) is 1. The molecule has 0 bridgehead atoms. The summed E-state index contributed by atoms with van der Waals surface area (Å²) >= 11 is 0. The van der Waals surface area contributed by atoms with E-state index in [-0.39, 0.29) is 36.0 Å². The van der Waals surface area contributed by atoms with Crippen LogP contribution in [0.5, 0.6) is 0 Å². The Hall–Kier alpha value is -4.26. The van der Waals surface area contributed by atoms with E-state index in [0.717, 1.165) is 0 Å². The number of ketones is 1. The van der Waals surface area contributed by atoms with Gasteiger partial charge in [-0.25, -0.2) is 9.18 Å². The molecule has 6 nitrogen and oxygen atoms in total. The molecule has 0 saturated heterocycles. The Balaban J connectivity index is 1.69. The Morgan fingerprint density at radius 2 is 1.73 bits per heavy atom. The number of fused-ring (bicyclic) bond motifs is 1. The molecule has 0 atom stereocenters. The summed E-state index contributed by atoms with van der Waals surface area (Å²) in [6.45, 7) is 2.01. The second-order valence-corrected chi connectivity index (χ2v) is 7.34. The number of rotatable bonds is 7. The van der Waals surface area contributed by atoms with E-state index < -0.39 is 11.9 Å². The standard InChI is InChI=1S/C26H21FN2O4/c1-2-33-26(32)21-15-23(24(30)18-8-4-3-5-9-18)29-12-11-19(14-22(21)29)25(31)28-16-17-7-6-10-20(27)13-17/h3-15H,2,16H2,1H3,(H,28,31). The van der Waals surface area contributed by atoms with Gasteiger partial charge in [-0.2, -0.15) is 0 Å². The maximum absolute atomic E-state index is 13.4. The molecule has 0 aliphatic rings. The van der Waals surface area contributed by atoms with Crippen molar-refractivity contribution in [1.29, 1.82) is 0 Å². The Morgan fingerprint density at radius 3 is 2.45 bits per heavy atom. The molecule has 0 spiro atoms. The number of carbonyl (C=O) groups excluding carboxylic acids is 3. The third kappa shape index (κ3) is 4.67. The number of aromatic nitrogens is 1. The van der Waals surface area contributed by atoms with Gasteiger partial charge in [0.2, 0.25) is 5.78 Å². The SMILES string of the molecule is CCOC(=O)c1cc(C(=O)c2ccccc2)n2ccc(C(=O)NCc3cccc(F)c3)cc12. The summed E-state index contributed by atoms with van der Waals surface area (Å²) in [7, 11) is 0. The number of ether oxygens (including phenoxy) is 1. The van der Waals surface area contributed by atoms with Crippen LogP contribution in [0.2, 0.25) is 0 Å². The van der Waals surface area contributed by atoms with Crippen molar-refractivity contribution in [1.82, 2.24) is 9.72 Å². The van der Waals surface area contributed by atoms with Gasteiger partial charge in [-0.1, -0.05) is 42.5 Å². The van der Waals surface area contributed by atoms with Crippen LogP contribution in [0, 0.1) is 5.82 Å². The summed E-state index contributed by atoms with van der Waals surface area (Å²) in [4.78, 5) is 38.4. The number of esters is 1. The van der Waals surface area contributed by atoms with Gasteiger partial charge in [0.15, 0.2) is 0 Å². The summed E-state index contributed by atoms with van der Waals surface area (Å²) in [6, 6.07) is 19.3. The van der Waals surface area contributed by atoms with Crippen molar-refractivity contribution in [2.75, 3.05) is 6.61 Å². The van der Waals surface area contributed by atoms with E-state index in [1.54, 1.807) is 60.0 Å². The highest BCUT2D eigenvalue weighted by atomic mass is 19.1. The third-order valence-electron chi connectivity index (χ3n) is 5.14. The number of hydrogen-bond acceptors (Lipinski definition) is 4. The molecule has 4 rings (SSSR count). The molecule has 0 radical (unpaired) electrons. The molecule has 2 aromatic carbocycles. The Bertz CT molecular complexity index is 1350. The first-order chi connectivity index (χ1) is 16.0. The van der Waals surface area contributed by atoms with Gasteiger partial charge < -0.3 is 14.5 Å². The molecule has 166 valence electrons. The number of hydrogen-bond donors (Lipinski definition) is 1. The predicted molar refractivity (Wildman–Crippen MR) is 121 cm³/mol. The van der Waals surface area contributed by atoms with Gasteiger partial charge in [-0.05, 0) is 42.8 Å². The fraction of sp³-hybridized carbons (Fsp3) is 0.115. The van der Waals surface area contributed by atoms with E-state index in [2.05, 4.69) is 5.32 Å². The van der Waals surface area contributed by atoms with Gasteiger partial charge in [-0.15, -0.1) is 0 Å². The molecule has 2 heterocycles. The minimum Gasteiger partial charge on any atom is -0.462 e. The first-order valence-electron chi connectivity index (χ1n) is 10.4. The number of pyridine rings is 1. The topological polar surface area (TPSA) is 76.9 Å². The molecule has 1 amide bonds. The van der Waals surface area contributed by atoms with E-state index in [9.17, 15) is 18.8 Å². The van der Waals surface area contributed by atoms with E-state index >= 15 is 0 Å². The second kappa shape index (κ2) is 9.48. The Morgan fingerprint density at radius 1 is 0.939 bits per heavy atom. The minimum absolute atomic E-state index is 0.144. The largest absolute Gasteiger partial charge is 0.462 e. The second-order valence-electron chi connectivity index (χ2n) is 7.34. The molecule has 0 saturated carbocycles. The quantitative estimate of drug-likeness (QED) is 0.338. The fourth-order valence-electron chi connectivity index (χ4n) is 3.56. The van der Waals surface area contributed by atoms with Gasteiger partial charge in [0.1, 0.15) is 5.82 Å². The van der Waals surface area contributed by atoms with Crippen molar-refractivity contribution in [2.45, 2.75) is 13.5 Å². The van der Waals surface area contributed by atoms with Crippen molar-refractivity contribution in [3.05, 3.63) is 113 Å². The number of halogens is 1. The monoisotopic (exact) mass is 444 g/mol. The zero-order valence-corrected chi connectivity index (χ0v) is 17.9. The highest BCUT2D eigenvalue weighted by Crippen LogP contribution is 2.22. The molecule has 0 fully saturated rings.